The molecule has 178 valence electrons. The van der Waals surface area contributed by atoms with Crippen LogP contribution in [0.25, 0.3) is 5.69 Å². The summed E-state index contributed by atoms with van der Waals surface area (Å²) in [6, 6.07) is 27.4. The van der Waals surface area contributed by atoms with E-state index in [-0.39, 0.29) is 12.1 Å². The highest BCUT2D eigenvalue weighted by Gasteiger charge is 2.40. The molecule has 5 rings (SSSR count). The summed E-state index contributed by atoms with van der Waals surface area (Å²) in [4.78, 5) is 7.01. The molecular formula is C29H31N5S. The Morgan fingerprint density at radius 3 is 2.54 bits per heavy atom. The molecule has 1 aliphatic heterocycles. The minimum atomic E-state index is -0.0222. The van der Waals surface area contributed by atoms with E-state index in [1.807, 2.05) is 24.4 Å². The van der Waals surface area contributed by atoms with Gasteiger partial charge in [0.05, 0.1) is 17.8 Å². The first-order valence-electron chi connectivity index (χ1n) is 12.1. The summed E-state index contributed by atoms with van der Waals surface area (Å²) in [5.74, 6) is 0. The van der Waals surface area contributed by atoms with Crippen LogP contribution in [0.15, 0.2) is 91.3 Å². The van der Waals surface area contributed by atoms with Gasteiger partial charge in [-0.15, -0.1) is 0 Å². The van der Waals surface area contributed by atoms with E-state index in [1.165, 1.54) is 16.8 Å². The SMILES string of the molecule is Cc1ccc(-n2cccc2[C@H]2[C@H](c3ccccn3)NC(=S)N2CCCNc2ccccc2)cc1C. The summed E-state index contributed by atoms with van der Waals surface area (Å²) in [7, 11) is 0. The Kier molecular flexibility index (Phi) is 6.82. The number of thiocarbonyl (C=S) groups is 1. The van der Waals surface area contributed by atoms with Gasteiger partial charge in [-0.25, -0.2) is 0 Å². The van der Waals surface area contributed by atoms with Crippen LogP contribution in [0.5, 0.6) is 0 Å². The van der Waals surface area contributed by atoms with Gasteiger partial charge in [0.15, 0.2) is 5.11 Å². The largest absolute Gasteiger partial charge is 0.385 e. The number of aryl methyl sites for hydroxylation is 2. The van der Waals surface area contributed by atoms with Crippen LogP contribution in [0.1, 0.15) is 41.0 Å². The van der Waals surface area contributed by atoms with E-state index in [4.69, 9.17) is 12.2 Å². The van der Waals surface area contributed by atoms with Crippen molar-refractivity contribution in [3.05, 3.63) is 114 Å². The maximum Gasteiger partial charge on any atom is 0.170 e. The average molecular weight is 482 g/mol. The second-order valence-electron chi connectivity index (χ2n) is 9.04. The number of rotatable bonds is 8. The number of aromatic nitrogens is 2. The number of hydrogen-bond donors (Lipinski definition) is 2. The average Bonchev–Trinajstić information content (AvgIpc) is 3.49. The summed E-state index contributed by atoms with van der Waals surface area (Å²) in [5, 5.41) is 7.87. The standard InChI is InChI=1S/C29H31N5S/c1-21-14-15-24(20-22(21)2)33-18-8-13-26(33)28-27(25-12-6-7-16-31-25)32-29(35)34(28)19-9-17-30-23-10-4-3-5-11-23/h3-8,10-16,18,20,27-28,30H,9,17,19H2,1-2H3,(H,32,35)/t27-,28-/m0/s1. The molecule has 2 N–H and O–H groups in total. The summed E-state index contributed by atoms with van der Waals surface area (Å²) in [5.41, 5.74) is 7.08. The van der Waals surface area contributed by atoms with Crippen LogP contribution in [0.3, 0.4) is 0 Å². The van der Waals surface area contributed by atoms with Crippen molar-refractivity contribution >= 4 is 23.0 Å². The lowest BCUT2D eigenvalue weighted by Crippen LogP contribution is -2.32. The Hall–Kier alpha value is -3.64. The highest BCUT2D eigenvalue weighted by atomic mass is 32.1. The molecule has 6 heteroatoms. The topological polar surface area (TPSA) is 45.1 Å². The maximum absolute atomic E-state index is 5.87. The third-order valence-corrected chi connectivity index (χ3v) is 7.08. The summed E-state index contributed by atoms with van der Waals surface area (Å²) in [6.45, 7) is 6.04. The highest BCUT2D eigenvalue weighted by molar-refractivity contribution is 7.80. The minimum absolute atomic E-state index is 0.0222. The summed E-state index contributed by atoms with van der Waals surface area (Å²) in [6.07, 6.45) is 4.96. The molecule has 0 amide bonds. The zero-order valence-corrected chi connectivity index (χ0v) is 21.0. The Morgan fingerprint density at radius 1 is 0.943 bits per heavy atom. The van der Waals surface area contributed by atoms with Crippen LogP contribution >= 0.6 is 12.2 Å². The zero-order chi connectivity index (χ0) is 24.2. The molecule has 1 saturated heterocycles. The molecule has 0 aliphatic carbocycles. The molecule has 1 fully saturated rings. The molecule has 0 radical (unpaired) electrons. The van der Waals surface area contributed by atoms with Gasteiger partial charge in [0.2, 0.25) is 0 Å². The number of anilines is 1. The van der Waals surface area contributed by atoms with Gasteiger partial charge >= 0.3 is 0 Å². The third kappa shape index (κ3) is 4.93. The van der Waals surface area contributed by atoms with Crippen molar-refractivity contribution < 1.29 is 0 Å². The predicted octanol–water partition coefficient (Wildman–Crippen LogP) is 5.96. The molecular weight excluding hydrogens is 450 g/mol. The fourth-order valence-corrected chi connectivity index (χ4v) is 5.08. The van der Waals surface area contributed by atoms with Crippen molar-refractivity contribution in [2.75, 3.05) is 18.4 Å². The van der Waals surface area contributed by atoms with Gasteiger partial charge in [-0.05, 0) is 92.1 Å². The normalized spacial score (nSPS) is 17.4. The van der Waals surface area contributed by atoms with Gasteiger partial charge in [0, 0.05) is 42.6 Å². The van der Waals surface area contributed by atoms with Crippen molar-refractivity contribution in [2.45, 2.75) is 32.4 Å². The van der Waals surface area contributed by atoms with E-state index in [0.717, 1.165) is 41.7 Å². The lowest BCUT2D eigenvalue weighted by atomic mass is 10.0. The summed E-state index contributed by atoms with van der Waals surface area (Å²) >= 11 is 5.87. The van der Waals surface area contributed by atoms with E-state index in [9.17, 15) is 0 Å². The molecule has 2 aromatic carbocycles. The van der Waals surface area contributed by atoms with Gasteiger partial charge in [0.1, 0.15) is 0 Å². The Labute approximate surface area is 212 Å². The Balaban J connectivity index is 1.44. The Morgan fingerprint density at radius 2 is 1.77 bits per heavy atom. The highest BCUT2D eigenvalue weighted by Crippen LogP contribution is 2.39. The van der Waals surface area contributed by atoms with E-state index in [0.29, 0.717) is 0 Å². The second kappa shape index (κ2) is 10.3. The van der Waals surface area contributed by atoms with Crippen molar-refractivity contribution in [2.24, 2.45) is 0 Å². The first-order chi connectivity index (χ1) is 17.1. The number of pyridine rings is 1. The molecule has 2 atom stereocenters. The van der Waals surface area contributed by atoms with E-state index in [2.05, 4.69) is 106 Å². The second-order valence-corrected chi connectivity index (χ2v) is 9.42. The van der Waals surface area contributed by atoms with Crippen molar-refractivity contribution in [3.8, 4) is 5.69 Å². The number of hydrogen-bond acceptors (Lipinski definition) is 3. The van der Waals surface area contributed by atoms with Gasteiger partial charge in [-0.3, -0.25) is 4.98 Å². The van der Waals surface area contributed by atoms with Crippen molar-refractivity contribution in [1.29, 1.82) is 0 Å². The lowest BCUT2D eigenvalue weighted by Gasteiger charge is -2.29. The number of nitrogens with zero attached hydrogens (tertiary/aromatic N) is 3. The smallest absolute Gasteiger partial charge is 0.170 e. The monoisotopic (exact) mass is 481 g/mol. The van der Waals surface area contributed by atoms with Gasteiger partial charge in [0.25, 0.3) is 0 Å². The molecule has 0 unspecified atom stereocenters. The van der Waals surface area contributed by atoms with E-state index >= 15 is 0 Å². The minimum Gasteiger partial charge on any atom is -0.385 e. The molecule has 4 aromatic rings. The molecule has 0 bridgehead atoms. The van der Waals surface area contributed by atoms with E-state index < -0.39 is 0 Å². The quantitative estimate of drug-likeness (QED) is 0.240. The zero-order valence-electron chi connectivity index (χ0n) is 20.2. The molecule has 5 nitrogen and oxygen atoms in total. The van der Waals surface area contributed by atoms with Crippen LogP contribution in [0, 0.1) is 13.8 Å². The fraction of sp³-hybridized carbons (Fsp3) is 0.241. The fourth-order valence-electron chi connectivity index (χ4n) is 4.75. The Bertz CT molecular complexity index is 1280. The van der Waals surface area contributed by atoms with Gasteiger partial charge < -0.3 is 20.1 Å². The predicted molar refractivity (Wildman–Crippen MR) is 147 cm³/mol. The van der Waals surface area contributed by atoms with Crippen LogP contribution < -0.4 is 10.6 Å². The number of benzene rings is 2. The first-order valence-corrected chi connectivity index (χ1v) is 12.5. The first kappa shape index (κ1) is 23.1. The van der Waals surface area contributed by atoms with Crippen molar-refractivity contribution in [1.82, 2.24) is 19.8 Å². The number of para-hydroxylation sites is 1. The maximum atomic E-state index is 5.87. The molecule has 3 heterocycles. The van der Waals surface area contributed by atoms with Crippen molar-refractivity contribution in [3.63, 3.8) is 0 Å². The van der Waals surface area contributed by atoms with Crippen LogP contribution in [0.4, 0.5) is 5.69 Å². The van der Waals surface area contributed by atoms with Crippen LogP contribution in [-0.2, 0) is 0 Å². The van der Waals surface area contributed by atoms with E-state index in [1.54, 1.807) is 0 Å². The van der Waals surface area contributed by atoms with Crippen LogP contribution in [0.2, 0.25) is 0 Å². The van der Waals surface area contributed by atoms with Gasteiger partial charge in [-0.2, -0.15) is 0 Å². The van der Waals surface area contributed by atoms with Gasteiger partial charge in [-0.1, -0.05) is 30.3 Å². The lowest BCUT2D eigenvalue weighted by molar-refractivity contribution is 0.307. The van der Waals surface area contributed by atoms with Crippen LogP contribution in [-0.4, -0.2) is 32.7 Å². The molecule has 35 heavy (non-hydrogen) atoms. The summed E-state index contributed by atoms with van der Waals surface area (Å²) < 4.78 is 2.29. The molecule has 0 saturated carbocycles. The molecule has 2 aromatic heterocycles. The molecule has 0 spiro atoms. The number of nitrogens with one attached hydrogen (secondary N) is 2. The molecule has 1 aliphatic rings. The third-order valence-electron chi connectivity index (χ3n) is 6.73.